The average Bonchev–Trinajstić information content (AvgIpc) is 3.16. The van der Waals surface area contributed by atoms with Crippen molar-refractivity contribution >= 4 is 0 Å². The molecule has 0 amide bonds. The van der Waals surface area contributed by atoms with E-state index >= 15 is 0 Å². The summed E-state index contributed by atoms with van der Waals surface area (Å²) >= 11 is 0. The maximum Gasteiger partial charge on any atom is 0.0841 e. The Labute approximate surface area is 127 Å². The molecule has 1 heteroatoms. The van der Waals surface area contributed by atoms with Crippen LogP contribution in [-0.2, 0) is 4.74 Å². The molecule has 0 bridgehead atoms. The quantitative estimate of drug-likeness (QED) is 0.207. The second kappa shape index (κ2) is 11.4. The molecule has 1 aliphatic heterocycles. The topological polar surface area (TPSA) is 12.5 Å². The van der Waals surface area contributed by atoms with Crippen LogP contribution in [0.1, 0.15) is 90.9 Å². The van der Waals surface area contributed by atoms with Crippen LogP contribution in [0.2, 0.25) is 0 Å². The molecule has 1 rings (SSSR count). The predicted molar refractivity (Wildman–Crippen MR) is 89.1 cm³/mol. The second-order valence-corrected chi connectivity index (χ2v) is 6.88. The van der Waals surface area contributed by atoms with Gasteiger partial charge in [0.2, 0.25) is 0 Å². The maximum absolute atomic E-state index is 5.77. The largest absolute Gasteiger partial charge is 0.370 e. The summed E-state index contributed by atoms with van der Waals surface area (Å²) in [5, 5.41) is 0. The van der Waals surface area contributed by atoms with E-state index in [1.165, 1.54) is 77.0 Å². The Morgan fingerprint density at radius 1 is 0.850 bits per heavy atom. The molecule has 118 valence electrons. The average molecular weight is 280 g/mol. The highest BCUT2D eigenvalue weighted by molar-refractivity contribution is 4.84. The van der Waals surface area contributed by atoms with Crippen molar-refractivity contribution in [3.63, 3.8) is 0 Å². The van der Waals surface area contributed by atoms with Gasteiger partial charge in [-0.1, -0.05) is 71.3 Å². The van der Waals surface area contributed by atoms with E-state index in [0.29, 0.717) is 12.2 Å². The van der Waals surface area contributed by atoms with Gasteiger partial charge in [-0.3, -0.25) is 0 Å². The molecule has 0 aliphatic carbocycles. The number of unbranched alkanes of at least 4 members (excludes halogenated alkanes) is 7. The number of hydrogen-bond donors (Lipinski definition) is 0. The minimum atomic E-state index is 0.620. The van der Waals surface area contributed by atoms with Crippen LogP contribution >= 0.6 is 0 Å². The summed E-state index contributed by atoms with van der Waals surface area (Å²) in [6.07, 6.45) is 19.5. The fraction of sp³-hybridized carbons (Fsp3) is 0.895. The fourth-order valence-electron chi connectivity index (χ4n) is 2.93. The summed E-state index contributed by atoms with van der Waals surface area (Å²) in [7, 11) is 0. The molecule has 2 atom stereocenters. The molecule has 1 saturated heterocycles. The smallest absolute Gasteiger partial charge is 0.0841 e. The number of epoxide rings is 1. The Morgan fingerprint density at radius 3 is 2.00 bits per heavy atom. The first-order valence-electron chi connectivity index (χ1n) is 9.00. The molecule has 1 aliphatic rings. The van der Waals surface area contributed by atoms with E-state index in [0.717, 1.165) is 5.92 Å². The van der Waals surface area contributed by atoms with Gasteiger partial charge in [0, 0.05) is 0 Å². The molecule has 0 aromatic rings. The van der Waals surface area contributed by atoms with E-state index in [-0.39, 0.29) is 0 Å². The normalized spacial score (nSPS) is 21.4. The standard InChI is InChI=1S/C19H36O/c1-4-5-6-7-8-9-10-11-15-18-19(20-18)16-13-12-14-17(2)3/h4,17-19H,1,5-16H2,2-3H3/t18-,19+/m0/s1. The van der Waals surface area contributed by atoms with E-state index in [1.807, 2.05) is 6.08 Å². The lowest BCUT2D eigenvalue weighted by atomic mass is 10.0. The first kappa shape index (κ1) is 17.8. The van der Waals surface area contributed by atoms with Crippen molar-refractivity contribution in [1.82, 2.24) is 0 Å². The van der Waals surface area contributed by atoms with Gasteiger partial charge in [0.25, 0.3) is 0 Å². The minimum absolute atomic E-state index is 0.620. The third-order valence-electron chi connectivity index (χ3n) is 4.35. The molecule has 0 aromatic carbocycles. The summed E-state index contributed by atoms with van der Waals surface area (Å²) in [6.45, 7) is 8.39. The van der Waals surface area contributed by atoms with Crippen molar-refractivity contribution in [2.45, 2.75) is 103 Å². The molecule has 0 N–H and O–H groups in total. The number of rotatable bonds is 14. The van der Waals surface area contributed by atoms with Crippen LogP contribution in [0.5, 0.6) is 0 Å². The number of ether oxygens (including phenoxy) is 1. The summed E-state index contributed by atoms with van der Waals surface area (Å²) in [5.74, 6) is 0.859. The molecule has 1 heterocycles. The van der Waals surface area contributed by atoms with Crippen LogP contribution in [0.15, 0.2) is 12.7 Å². The van der Waals surface area contributed by atoms with Crippen molar-refractivity contribution in [2.24, 2.45) is 5.92 Å². The van der Waals surface area contributed by atoms with E-state index < -0.39 is 0 Å². The van der Waals surface area contributed by atoms with Gasteiger partial charge in [0.05, 0.1) is 12.2 Å². The van der Waals surface area contributed by atoms with Gasteiger partial charge in [-0.25, -0.2) is 0 Å². The highest BCUT2D eigenvalue weighted by Gasteiger charge is 2.36. The van der Waals surface area contributed by atoms with E-state index in [2.05, 4.69) is 20.4 Å². The summed E-state index contributed by atoms with van der Waals surface area (Å²) in [6, 6.07) is 0. The minimum Gasteiger partial charge on any atom is -0.370 e. The van der Waals surface area contributed by atoms with Gasteiger partial charge in [-0.05, 0) is 31.6 Å². The molecule has 1 fully saturated rings. The van der Waals surface area contributed by atoms with Gasteiger partial charge in [0.1, 0.15) is 0 Å². The summed E-state index contributed by atoms with van der Waals surface area (Å²) in [4.78, 5) is 0. The van der Waals surface area contributed by atoms with E-state index in [4.69, 9.17) is 4.74 Å². The molecule has 0 radical (unpaired) electrons. The Balaban J connectivity index is 1.77. The lowest BCUT2D eigenvalue weighted by Gasteiger charge is -2.02. The third kappa shape index (κ3) is 9.58. The van der Waals surface area contributed by atoms with E-state index in [1.54, 1.807) is 0 Å². The van der Waals surface area contributed by atoms with Gasteiger partial charge in [-0.15, -0.1) is 6.58 Å². The zero-order chi connectivity index (χ0) is 14.6. The van der Waals surface area contributed by atoms with Gasteiger partial charge < -0.3 is 4.74 Å². The van der Waals surface area contributed by atoms with Crippen molar-refractivity contribution in [2.75, 3.05) is 0 Å². The van der Waals surface area contributed by atoms with Crippen molar-refractivity contribution < 1.29 is 4.74 Å². The Kier molecular flexibility index (Phi) is 10.1. The zero-order valence-electron chi connectivity index (χ0n) is 13.9. The van der Waals surface area contributed by atoms with Crippen molar-refractivity contribution in [3.05, 3.63) is 12.7 Å². The van der Waals surface area contributed by atoms with Crippen LogP contribution in [0, 0.1) is 5.92 Å². The highest BCUT2D eigenvalue weighted by Crippen LogP contribution is 2.31. The number of hydrogen-bond acceptors (Lipinski definition) is 1. The van der Waals surface area contributed by atoms with E-state index in [9.17, 15) is 0 Å². The van der Waals surface area contributed by atoms with Crippen molar-refractivity contribution in [3.8, 4) is 0 Å². The predicted octanol–water partition coefficient (Wildman–Crippen LogP) is 6.28. The SMILES string of the molecule is C=CCCCCCCCC[C@@H]1O[C@@H]1CCCCC(C)C. The fourth-order valence-corrected chi connectivity index (χ4v) is 2.93. The maximum atomic E-state index is 5.77. The Morgan fingerprint density at radius 2 is 1.40 bits per heavy atom. The molecular formula is C19H36O. The molecular weight excluding hydrogens is 244 g/mol. The lowest BCUT2D eigenvalue weighted by Crippen LogP contribution is -1.95. The van der Waals surface area contributed by atoms with Gasteiger partial charge in [-0.2, -0.15) is 0 Å². The summed E-state index contributed by atoms with van der Waals surface area (Å²) in [5.41, 5.74) is 0. The molecule has 1 nitrogen and oxygen atoms in total. The van der Waals surface area contributed by atoms with Crippen LogP contribution < -0.4 is 0 Å². The molecule has 0 spiro atoms. The number of allylic oxidation sites excluding steroid dienone is 1. The molecule has 0 saturated carbocycles. The first-order chi connectivity index (χ1) is 9.74. The summed E-state index contributed by atoms with van der Waals surface area (Å²) < 4.78 is 5.77. The Bertz CT molecular complexity index is 234. The first-order valence-corrected chi connectivity index (χ1v) is 9.00. The van der Waals surface area contributed by atoms with Crippen LogP contribution in [0.25, 0.3) is 0 Å². The highest BCUT2D eigenvalue weighted by atomic mass is 16.6. The van der Waals surface area contributed by atoms with Gasteiger partial charge in [0.15, 0.2) is 0 Å². The van der Waals surface area contributed by atoms with Crippen molar-refractivity contribution in [1.29, 1.82) is 0 Å². The molecule has 0 unspecified atom stereocenters. The monoisotopic (exact) mass is 280 g/mol. The van der Waals surface area contributed by atoms with Gasteiger partial charge >= 0.3 is 0 Å². The zero-order valence-corrected chi connectivity index (χ0v) is 13.9. The van der Waals surface area contributed by atoms with Crippen LogP contribution in [-0.4, -0.2) is 12.2 Å². The van der Waals surface area contributed by atoms with Crippen LogP contribution in [0.4, 0.5) is 0 Å². The molecule has 0 aromatic heterocycles. The third-order valence-corrected chi connectivity index (χ3v) is 4.35. The second-order valence-electron chi connectivity index (χ2n) is 6.88. The lowest BCUT2D eigenvalue weighted by molar-refractivity contribution is 0.346. The molecule has 20 heavy (non-hydrogen) atoms. The Hall–Kier alpha value is -0.300. The van der Waals surface area contributed by atoms with Crippen LogP contribution in [0.3, 0.4) is 0 Å².